The number of aromatic nitrogens is 3. The Morgan fingerprint density at radius 3 is 2.71 bits per heavy atom. The van der Waals surface area contributed by atoms with Crippen LogP contribution in [-0.4, -0.2) is 43.5 Å². The highest BCUT2D eigenvalue weighted by Gasteiger charge is 2.54. The third kappa shape index (κ3) is 2.67. The summed E-state index contributed by atoms with van der Waals surface area (Å²) in [6, 6.07) is 12.6. The molecule has 3 heterocycles. The van der Waals surface area contributed by atoms with E-state index < -0.39 is 12.2 Å². The highest BCUT2D eigenvalue weighted by atomic mass is 16.3. The van der Waals surface area contributed by atoms with Crippen LogP contribution in [0.3, 0.4) is 0 Å². The van der Waals surface area contributed by atoms with Crippen LogP contribution in [0.4, 0.5) is 0 Å². The van der Waals surface area contributed by atoms with Crippen LogP contribution in [0, 0.1) is 12.3 Å². The Hall–Kier alpha value is -2.28. The van der Waals surface area contributed by atoms with Crippen molar-refractivity contribution in [3.63, 3.8) is 0 Å². The van der Waals surface area contributed by atoms with Gasteiger partial charge in [0.05, 0.1) is 17.8 Å². The lowest BCUT2D eigenvalue weighted by Crippen LogP contribution is -2.48. The average Bonchev–Trinajstić information content (AvgIpc) is 3.26. The van der Waals surface area contributed by atoms with Gasteiger partial charge in [-0.15, -0.1) is 0 Å². The fourth-order valence-corrected chi connectivity index (χ4v) is 5.20. The largest absolute Gasteiger partial charge is 0.390 e. The minimum absolute atomic E-state index is 0.183. The Bertz CT molecular complexity index is 979. The number of nitrogens with zero attached hydrogens (tertiary/aromatic N) is 3. The minimum Gasteiger partial charge on any atom is -0.390 e. The molecule has 1 aliphatic heterocycles. The Morgan fingerprint density at radius 2 is 1.96 bits per heavy atom. The van der Waals surface area contributed by atoms with E-state index in [1.165, 1.54) is 5.56 Å². The van der Waals surface area contributed by atoms with Crippen LogP contribution in [0.5, 0.6) is 0 Å². The fraction of sp³-hybridized carbons (Fsp3) is 0.455. The van der Waals surface area contributed by atoms with E-state index in [2.05, 4.69) is 39.6 Å². The molecule has 0 bridgehead atoms. The smallest absolute Gasteiger partial charge is 0.143 e. The first-order valence-corrected chi connectivity index (χ1v) is 10.0. The molecule has 5 rings (SSSR count). The number of aliphatic hydroxyl groups is 2. The second kappa shape index (κ2) is 6.65. The van der Waals surface area contributed by atoms with Gasteiger partial charge in [0, 0.05) is 29.6 Å². The first-order chi connectivity index (χ1) is 13.6. The van der Waals surface area contributed by atoms with Crippen molar-refractivity contribution in [2.75, 3.05) is 6.54 Å². The number of nitrogens with one attached hydrogen (secondary N) is 1. The second-order valence-corrected chi connectivity index (χ2v) is 8.37. The summed E-state index contributed by atoms with van der Waals surface area (Å²) < 4.78 is 2.02. The lowest BCUT2D eigenvalue weighted by atomic mass is 9.74. The van der Waals surface area contributed by atoms with Gasteiger partial charge in [-0.25, -0.2) is 9.97 Å². The molecule has 1 aromatic carbocycles. The maximum atomic E-state index is 11.0. The first kappa shape index (κ1) is 17.8. The van der Waals surface area contributed by atoms with Gasteiger partial charge in [-0.1, -0.05) is 30.3 Å². The average molecular weight is 378 g/mol. The zero-order chi connectivity index (χ0) is 19.3. The van der Waals surface area contributed by atoms with Gasteiger partial charge in [0.2, 0.25) is 0 Å². The molecule has 6 heteroatoms. The number of piperidine rings is 1. The molecule has 0 radical (unpaired) electrons. The predicted octanol–water partition coefficient (Wildman–Crippen LogP) is 2.52. The molecular weight excluding hydrogens is 352 g/mol. The summed E-state index contributed by atoms with van der Waals surface area (Å²) in [7, 11) is 0. The number of benzene rings is 1. The quantitative estimate of drug-likeness (QED) is 0.638. The zero-order valence-electron chi connectivity index (χ0n) is 16.0. The van der Waals surface area contributed by atoms with Crippen molar-refractivity contribution in [2.24, 2.45) is 5.41 Å². The van der Waals surface area contributed by atoms with E-state index in [4.69, 9.17) is 0 Å². The normalized spacial score (nSPS) is 33.0. The van der Waals surface area contributed by atoms with E-state index in [1.807, 2.05) is 29.8 Å². The topological polar surface area (TPSA) is 83.2 Å². The molecule has 2 aliphatic rings. The third-order valence-corrected chi connectivity index (χ3v) is 6.86. The molecule has 1 saturated heterocycles. The van der Waals surface area contributed by atoms with E-state index in [-0.39, 0.29) is 11.5 Å². The van der Waals surface area contributed by atoms with Crippen LogP contribution in [0.2, 0.25) is 0 Å². The van der Waals surface area contributed by atoms with Gasteiger partial charge in [0.1, 0.15) is 18.1 Å². The predicted molar refractivity (Wildman–Crippen MR) is 107 cm³/mol. The SMILES string of the molecule is Cc1ncnc2c1ccn2[C@@H]1C[C@]2(CC[C@H](c3ccccc3)NC2)[C@@H](O)[C@H]1O. The highest BCUT2D eigenvalue weighted by molar-refractivity contribution is 5.78. The van der Waals surface area contributed by atoms with E-state index in [0.717, 1.165) is 36.0 Å². The van der Waals surface area contributed by atoms with Crippen LogP contribution in [-0.2, 0) is 0 Å². The van der Waals surface area contributed by atoms with Gasteiger partial charge in [0.25, 0.3) is 0 Å². The molecule has 28 heavy (non-hydrogen) atoms. The van der Waals surface area contributed by atoms with Gasteiger partial charge in [-0.05, 0) is 37.8 Å². The molecule has 2 fully saturated rings. The Labute approximate surface area is 164 Å². The lowest BCUT2D eigenvalue weighted by Gasteiger charge is -2.40. The number of hydrogen-bond acceptors (Lipinski definition) is 5. The van der Waals surface area contributed by atoms with E-state index in [1.54, 1.807) is 6.33 Å². The first-order valence-electron chi connectivity index (χ1n) is 10.0. The molecule has 1 saturated carbocycles. The van der Waals surface area contributed by atoms with E-state index in [0.29, 0.717) is 12.6 Å². The van der Waals surface area contributed by atoms with E-state index in [9.17, 15) is 10.2 Å². The van der Waals surface area contributed by atoms with Crippen molar-refractivity contribution in [2.45, 2.75) is 50.5 Å². The van der Waals surface area contributed by atoms with Crippen LogP contribution in [0.1, 0.15) is 42.6 Å². The van der Waals surface area contributed by atoms with Crippen molar-refractivity contribution in [1.29, 1.82) is 0 Å². The van der Waals surface area contributed by atoms with Crippen molar-refractivity contribution in [1.82, 2.24) is 19.9 Å². The number of rotatable bonds is 2. The molecule has 6 nitrogen and oxygen atoms in total. The molecule has 146 valence electrons. The summed E-state index contributed by atoms with van der Waals surface area (Å²) in [6.07, 6.45) is 4.55. The minimum atomic E-state index is -0.805. The van der Waals surface area contributed by atoms with Gasteiger partial charge in [-0.3, -0.25) is 0 Å². The summed E-state index contributed by atoms with van der Waals surface area (Å²) in [4.78, 5) is 8.69. The number of fused-ring (bicyclic) bond motifs is 1. The van der Waals surface area contributed by atoms with Crippen molar-refractivity contribution >= 4 is 11.0 Å². The van der Waals surface area contributed by atoms with Gasteiger partial charge < -0.3 is 20.1 Å². The standard InChI is InChI=1S/C22H26N4O2/c1-14-16-8-10-26(21(16)25-13-24-14)18-11-22(20(28)19(18)27)9-7-17(23-12-22)15-5-3-2-4-6-15/h2-6,8,10,13,17-20,23,27-28H,7,9,11-12H2,1H3/t17-,18-,19+,20+,22+/m1/s1. The van der Waals surface area contributed by atoms with Crippen LogP contribution < -0.4 is 5.32 Å². The lowest BCUT2D eigenvalue weighted by molar-refractivity contribution is -0.0398. The number of aryl methyl sites for hydroxylation is 1. The second-order valence-electron chi connectivity index (χ2n) is 8.37. The molecule has 0 amide bonds. The van der Waals surface area contributed by atoms with Crippen molar-refractivity contribution in [3.05, 3.63) is 60.2 Å². The van der Waals surface area contributed by atoms with Crippen LogP contribution in [0.25, 0.3) is 11.0 Å². The summed E-state index contributed by atoms with van der Waals surface area (Å²) in [5, 5.41) is 26.5. The summed E-state index contributed by atoms with van der Waals surface area (Å²) in [5.41, 5.74) is 2.72. The van der Waals surface area contributed by atoms with Gasteiger partial charge in [0.15, 0.2) is 0 Å². The maximum Gasteiger partial charge on any atom is 0.143 e. The third-order valence-electron chi connectivity index (χ3n) is 6.86. The summed E-state index contributed by atoms with van der Waals surface area (Å²) >= 11 is 0. The monoisotopic (exact) mass is 378 g/mol. The Kier molecular flexibility index (Phi) is 4.23. The van der Waals surface area contributed by atoms with Crippen molar-refractivity contribution < 1.29 is 10.2 Å². The zero-order valence-corrected chi connectivity index (χ0v) is 16.0. The van der Waals surface area contributed by atoms with Crippen LogP contribution in [0.15, 0.2) is 48.9 Å². The Balaban J connectivity index is 1.40. The number of hydrogen-bond donors (Lipinski definition) is 3. The molecule has 5 atom stereocenters. The summed E-state index contributed by atoms with van der Waals surface area (Å²) in [5.74, 6) is 0. The van der Waals surface area contributed by atoms with Crippen LogP contribution >= 0.6 is 0 Å². The van der Waals surface area contributed by atoms with Gasteiger partial charge in [-0.2, -0.15) is 0 Å². The molecule has 2 aromatic heterocycles. The fourth-order valence-electron chi connectivity index (χ4n) is 5.20. The Morgan fingerprint density at radius 1 is 1.14 bits per heavy atom. The summed E-state index contributed by atoms with van der Waals surface area (Å²) in [6.45, 7) is 2.67. The van der Waals surface area contributed by atoms with E-state index >= 15 is 0 Å². The maximum absolute atomic E-state index is 11.0. The molecule has 0 unspecified atom stereocenters. The molecule has 1 aliphatic carbocycles. The number of aliphatic hydroxyl groups excluding tert-OH is 2. The molecule has 1 spiro atoms. The molecule has 3 aromatic rings. The molecular formula is C22H26N4O2. The molecule has 3 N–H and O–H groups in total. The van der Waals surface area contributed by atoms with Crippen molar-refractivity contribution in [3.8, 4) is 0 Å². The highest BCUT2D eigenvalue weighted by Crippen LogP contribution is 2.50. The van der Waals surface area contributed by atoms with Gasteiger partial charge >= 0.3 is 0 Å².